The van der Waals surface area contributed by atoms with Crippen molar-refractivity contribution < 1.29 is 9.90 Å². The molecule has 4 bridgehead atoms. The highest BCUT2D eigenvalue weighted by Crippen LogP contribution is 2.61. The van der Waals surface area contributed by atoms with Crippen molar-refractivity contribution in [1.29, 1.82) is 0 Å². The van der Waals surface area contributed by atoms with Crippen molar-refractivity contribution in [3.63, 3.8) is 0 Å². The second-order valence-electron chi connectivity index (χ2n) is 10.4. The Morgan fingerprint density at radius 3 is 2.15 bits per heavy atom. The Kier molecular flexibility index (Phi) is 5.35. The molecular weight excluding hydrogens is 324 g/mol. The molecule has 5 aliphatic rings. The van der Waals surface area contributed by atoms with Crippen molar-refractivity contribution >= 4 is 5.91 Å². The zero-order valence-corrected chi connectivity index (χ0v) is 16.5. The number of aliphatic hydroxyl groups is 1. The number of nitrogens with one attached hydrogen (secondary N) is 1. The summed E-state index contributed by atoms with van der Waals surface area (Å²) in [7, 11) is 0. The first-order valence-electron chi connectivity index (χ1n) is 11.2. The number of nitrogens with two attached hydrogens (primary N) is 1. The van der Waals surface area contributed by atoms with Crippen LogP contribution >= 0.6 is 0 Å². The summed E-state index contributed by atoms with van der Waals surface area (Å²) in [6, 6.07) is -0.276. The topological polar surface area (TPSA) is 75.3 Å². The molecule has 0 radical (unpaired) electrons. The standard InChI is InChI=1S/C22H38N2O2/c1-14(22-11-16-7-17(12-22)9-18(8-16)13-22)24-21(26)20(25)19(23)10-15-5-3-2-4-6-15/h14-20,25H,2-13,23H2,1H3,(H,24,26)/t14?,16?,17?,18?,19-,20?,22?/m1/s1. The van der Waals surface area contributed by atoms with Crippen molar-refractivity contribution in [2.24, 2.45) is 34.8 Å². The number of amides is 1. The monoisotopic (exact) mass is 362 g/mol. The Bertz CT molecular complexity index is 479. The van der Waals surface area contributed by atoms with Crippen LogP contribution in [0, 0.1) is 29.1 Å². The molecule has 5 fully saturated rings. The van der Waals surface area contributed by atoms with Crippen LogP contribution in [0.3, 0.4) is 0 Å². The van der Waals surface area contributed by atoms with E-state index in [1.165, 1.54) is 70.6 Å². The molecule has 4 nitrogen and oxygen atoms in total. The second-order valence-corrected chi connectivity index (χ2v) is 10.4. The van der Waals surface area contributed by atoms with Crippen molar-refractivity contribution in [2.75, 3.05) is 0 Å². The van der Waals surface area contributed by atoms with E-state index in [1.807, 2.05) is 0 Å². The minimum atomic E-state index is -1.06. The highest BCUT2D eigenvalue weighted by Gasteiger charge is 2.53. The first-order valence-corrected chi connectivity index (χ1v) is 11.2. The van der Waals surface area contributed by atoms with Gasteiger partial charge in [0.25, 0.3) is 5.91 Å². The van der Waals surface area contributed by atoms with Crippen LogP contribution in [0.5, 0.6) is 0 Å². The van der Waals surface area contributed by atoms with Gasteiger partial charge in [-0.05, 0) is 81.0 Å². The normalized spacial score (nSPS) is 40.2. The molecule has 5 saturated carbocycles. The van der Waals surface area contributed by atoms with Gasteiger partial charge in [-0.1, -0.05) is 32.1 Å². The Balaban J connectivity index is 1.32. The molecule has 5 rings (SSSR count). The minimum absolute atomic E-state index is 0.153. The van der Waals surface area contributed by atoms with Crippen LogP contribution in [0.15, 0.2) is 0 Å². The predicted octanol–water partition coefficient (Wildman–Crippen LogP) is 3.37. The van der Waals surface area contributed by atoms with Gasteiger partial charge in [0.2, 0.25) is 0 Å². The van der Waals surface area contributed by atoms with Crippen molar-refractivity contribution in [2.45, 2.75) is 102 Å². The van der Waals surface area contributed by atoms with E-state index in [2.05, 4.69) is 12.2 Å². The molecule has 0 aromatic rings. The van der Waals surface area contributed by atoms with Crippen molar-refractivity contribution in [3.8, 4) is 0 Å². The van der Waals surface area contributed by atoms with Crippen molar-refractivity contribution in [1.82, 2.24) is 5.32 Å². The highest BCUT2D eigenvalue weighted by molar-refractivity contribution is 5.81. The predicted molar refractivity (Wildman–Crippen MR) is 103 cm³/mol. The summed E-state index contributed by atoms with van der Waals surface area (Å²) in [5.74, 6) is 2.97. The summed E-state index contributed by atoms with van der Waals surface area (Å²) in [6.45, 7) is 2.17. The number of aliphatic hydroxyl groups excluding tert-OH is 1. The lowest BCUT2D eigenvalue weighted by Crippen LogP contribution is -2.58. The largest absolute Gasteiger partial charge is 0.382 e. The van der Waals surface area contributed by atoms with E-state index in [1.54, 1.807) is 0 Å². The third-order valence-electron chi connectivity index (χ3n) is 8.37. The minimum Gasteiger partial charge on any atom is -0.382 e. The molecule has 0 saturated heterocycles. The Morgan fingerprint density at radius 1 is 1.08 bits per heavy atom. The molecule has 0 aromatic carbocycles. The van der Waals surface area contributed by atoms with Crippen LogP contribution in [0.25, 0.3) is 0 Å². The smallest absolute Gasteiger partial charge is 0.250 e. The van der Waals surface area contributed by atoms with E-state index < -0.39 is 12.1 Å². The molecule has 3 atom stereocenters. The molecule has 0 aliphatic heterocycles. The maximum atomic E-state index is 12.7. The first-order chi connectivity index (χ1) is 12.4. The van der Waals surface area contributed by atoms with Crippen LogP contribution in [-0.2, 0) is 4.79 Å². The molecule has 148 valence electrons. The number of rotatable bonds is 6. The van der Waals surface area contributed by atoms with E-state index in [-0.39, 0.29) is 17.4 Å². The van der Waals surface area contributed by atoms with Gasteiger partial charge in [-0.2, -0.15) is 0 Å². The lowest BCUT2D eigenvalue weighted by molar-refractivity contribution is -0.135. The van der Waals surface area contributed by atoms with Gasteiger partial charge in [0.05, 0.1) is 0 Å². The molecule has 26 heavy (non-hydrogen) atoms. The van der Waals surface area contributed by atoms with E-state index in [0.717, 1.165) is 24.2 Å². The maximum absolute atomic E-state index is 12.7. The van der Waals surface area contributed by atoms with Gasteiger partial charge < -0.3 is 16.2 Å². The van der Waals surface area contributed by atoms with E-state index in [9.17, 15) is 9.90 Å². The Morgan fingerprint density at radius 2 is 1.62 bits per heavy atom. The Hall–Kier alpha value is -0.610. The van der Waals surface area contributed by atoms with Gasteiger partial charge in [0.15, 0.2) is 0 Å². The molecule has 1 amide bonds. The van der Waals surface area contributed by atoms with Crippen LogP contribution in [-0.4, -0.2) is 29.2 Å². The summed E-state index contributed by atoms with van der Waals surface area (Å²) >= 11 is 0. The van der Waals surface area contributed by atoms with E-state index in [4.69, 9.17) is 5.73 Å². The number of hydrogen-bond acceptors (Lipinski definition) is 3. The van der Waals surface area contributed by atoms with Gasteiger partial charge in [0, 0.05) is 12.1 Å². The van der Waals surface area contributed by atoms with Crippen molar-refractivity contribution in [3.05, 3.63) is 0 Å². The number of hydrogen-bond donors (Lipinski definition) is 3. The third-order valence-corrected chi connectivity index (χ3v) is 8.37. The summed E-state index contributed by atoms with van der Waals surface area (Å²) in [5.41, 5.74) is 6.50. The van der Waals surface area contributed by atoms with Crippen LogP contribution in [0.1, 0.15) is 84.0 Å². The molecule has 4 heteroatoms. The van der Waals surface area contributed by atoms with E-state index in [0.29, 0.717) is 5.92 Å². The van der Waals surface area contributed by atoms with Crippen LogP contribution in [0.4, 0.5) is 0 Å². The number of carbonyl (C=O) groups is 1. The first kappa shape index (κ1) is 18.7. The quantitative estimate of drug-likeness (QED) is 0.678. The molecule has 0 aromatic heterocycles. The molecule has 0 heterocycles. The Labute approximate surface area is 158 Å². The van der Waals surface area contributed by atoms with Crippen LogP contribution in [0.2, 0.25) is 0 Å². The average Bonchev–Trinajstić information content (AvgIpc) is 2.60. The van der Waals surface area contributed by atoms with Gasteiger partial charge in [-0.25, -0.2) is 0 Å². The average molecular weight is 363 g/mol. The summed E-state index contributed by atoms with van der Waals surface area (Å²) < 4.78 is 0. The zero-order valence-electron chi connectivity index (χ0n) is 16.5. The highest BCUT2D eigenvalue weighted by atomic mass is 16.3. The molecular formula is C22H38N2O2. The summed E-state index contributed by atoms with van der Waals surface area (Å²) in [5, 5.41) is 13.7. The fraction of sp³-hybridized carbons (Fsp3) is 0.955. The lowest BCUT2D eigenvalue weighted by atomic mass is 9.48. The van der Waals surface area contributed by atoms with Gasteiger partial charge in [-0.15, -0.1) is 0 Å². The zero-order chi connectivity index (χ0) is 18.3. The third kappa shape index (κ3) is 3.69. The fourth-order valence-corrected chi connectivity index (χ4v) is 7.29. The fourth-order valence-electron chi connectivity index (χ4n) is 7.29. The molecule has 5 aliphatic carbocycles. The maximum Gasteiger partial charge on any atom is 0.250 e. The molecule has 0 spiro atoms. The summed E-state index contributed by atoms with van der Waals surface area (Å²) in [6.07, 6.45) is 14.0. The number of carbonyl (C=O) groups excluding carboxylic acids is 1. The van der Waals surface area contributed by atoms with Gasteiger partial charge >= 0.3 is 0 Å². The molecule has 4 N–H and O–H groups in total. The SMILES string of the molecule is CC(NC(=O)C(O)[C@H](N)CC1CCCCC1)C12CC3CC(CC(C3)C1)C2. The lowest BCUT2D eigenvalue weighted by Gasteiger charge is -2.59. The van der Waals surface area contributed by atoms with Gasteiger partial charge in [-0.3, -0.25) is 4.79 Å². The second kappa shape index (κ2) is 7.43. The van der Waals surface area contributed by atoms with Gasteiger partial charge in [0.1, 0.15) is 6.10 Å². The van der Waals surface area contributed by atoms with E-state index >= 15 is 0 Å². The van der Waals surface area contributed by atoms with Crippen LogP contribution < -0.4 is 11.1 Å². The molecule has 2 unspecified atom stereocenters. The summed E-state index contributed by atoms with van der Waals surface area (Å²) in [4.78, 5) is 12.7.